The minimum atomic E-state index is -0.0969. The van der Waals surface area contributed by atoms with Crippen molar-refractivity contribution >= 4 is 27.8 Å². The molecule has 0 spiro atoms. The van der Waals surface area contributed by atoms with E-state index >= 15 is 0 Å². The second kappa shape index (κ2) is 7.17. The molecule has 0 radical (unpaired) electrons. The fourth-order valence-corrected chi connectivity index (χ4v) is 2.55. The van der Waals surface area contributed by atoms with Gasteiger partial charge in [0.2, 0.25) is 11.9 Å². The van der Waals surface area contributed by atoms with Gasteiger partial charge < -0.3 is 10.2 Å². The van der Waals surface area contributed by atoms with Gasteiger partial charge in [-0.25, -0.2) is 9.97 Å². The van der Waals surface area contributed by atoms with Gasteiger partial charge in [0, 0.05) is 44.6 Å². The summed E-state index contributed by atoms with van der Waals surface area (Å²) in [6.45, 7) is 9.27. The van der Waals surface area contributed by atoms with Gasteiger partial charge in [-0.15, -0.1) is 0 Å². The summed E-state index contributed by atoms with van der Waals surface area (Å²) in [5.74, 6) is 0.843. The maximum atomic E-state index is 12.0. The van der Waals surface area contributed by atoms with Crippen LogP contribution in [0.15, 0.2) is 16.9 Å². The molecule has 0 aromatic carbocycles. The molecule has 0 bridgehead atoms. The summed E-state index contributed by atoms with van der Waals surface area (Å²) in [5.41, 5.74) is 0. The SMILES string of the molecule is CC(C)NC(=O)C(C)N1CCN(c2ncc(Br)cn2)CC1. The zero-order valence-electron chi connectivity index (χ0n) is 12.7. The summed E-state index contributed by atoms with van der Waals surface area (Å²) < 4.78 is 0.879. The van der Waals surface area contributed by atoms with Crippen molar-refractivity contribution in [3.05, 3.63) is 16.9 Å². The molecule has 1 saturated heterocycles. The summed E-state index contributed by atoms with van der Waals surface area (Å²) in [7, 11) is 0. The fourth-order valence-electron chi connectivity index (χ4n) is 2.35. The highest BCUT2D eigenvalue weighted by atomic mass is 79.9. The molecule has 7 heteroatoms. The van der Waals surface area contributed by atoms with Crippen LogP contribution < -0.4 is 10.2 Å². The first-order valence-corrected chi connectivity index (χ1v) is 8.03. The van der Waals surface area contributed by atoms with E-state index in [4.69, 9.17) is 0 Å². The van der Waals surface area contributed by atoms with E-state index in [0.29, 0.717) is 0 Å². The molecule has 1 aliphatic heterocycles. The van der Waals surface area contributed by atoms with Crippen LogP contribution in [-0.4, -0.2) is 59.0 Å². The average Bonchev–Trinajstić information content (AvgIpc) is 2.47. The molecule has 1 N–H and O–H groups in total. The lowest BCUT2D eigenvalue weighted by Gasteiger charge is -2.37. The summed E-state index contributed by atoms with van der Waals surface area (Å²) in [4.78, 5) is 25.0. The highest BCUT2D eigenvalue weighted by molar-refractivity contribution is 9.10. The lowest BCUT2D eigenvalue weighted by Crippen LogP contribution is -2.54. The molecule has 1 amide bonds. The van der Waals surface area contributed by atoms with Crippen molar-refractivity contribution in [1.29, 1.82) is 0 Å². The van der Waals surface area contributed by atoms with Crippen molar-refractivity contribution in [2.75, 3.05) is 31.1 Å². The molecule has 2 rings (SSSR count). The zero-order chi connectivity index (χ0) is 15.4. The fraction of sp³-hybridized carbons (Fsp3) is 0.643. The van der Waals surface area contributed by atoms with Gasteiger partial charge in [-0.3, -0.25) is 9.69 Å². The maximum absolute atomic E-state index is 12.0. The summed E-state index contributed by atoms with van der Waals surface area (Å²) >= 11 is 3.34. The van der Waals surface area contributed by atoms with Crippen molar-refractivity contribution in [3.8, 4) is 0 Å². The van der Waals surface area contributed by atoms with Crippen molar-refractivity contribution in [2.24, 2.45) is 0 Å². The van der Waals surface area contributed by atoms with Gasteiger partial charge in [0.1, 0.15) is 0 Å². The van der Waals surface area contributed by atoms with Crippen LogP contribution in [0.1, 0.15) is 20.8 Å². The molecular formula is C14H22BrN5O. The van der Waals surface area contributed by atoms with Crippen LogP contribution >= 0.6 is 15.9 Å². The van der Waals surface area contributed by atoms with Crippen molar-refractivity contribution in [1.82, 2.24) is 20.2 Å². The Morgan fingerprint density at radius 3 is 2.29 bits per heavy atom. The quantitative estimate of drug-likeness (QED) is 0.881. The van der Waals surface area contributed by atoms with Gasteiger partial charge >= 0.3 is 0 Å². The Kier molecular flexibility index (Phi) is 5.52. The molecule has 21 heavy (non-hydrogen) atoms. The Bertz CT molecular complexity index is 471. The smallest absolute Gasteiger partial charge is 0.237 e. The third-order valence-corrected chi connectivity index (χ3v) is 3.97. The summed E-state index contributed by atoms with van der Waals surface area (Å²) in [6, 6.07) is 0.0813. The third-order valence-electron chi connectivity index (χ3n) is 3.56. The number of anilines is 1. The van der Waals surface area contributed by atoms with Gasteiger partial charge in [-0.2, -0.15) is 0 Å². The standard InChI is InChI=1S/C14H22BrN5O/c1-10(2)18-13(21)11(3)19-4-6-20(7-5-19)14-16-8-12(15)9-17-14/h8-11H,4-7H2,1-3H3,(H,18,21). The number of piperazine rings is 1. The predicted octanol–water partition coefficient (Wildman–Crippen LogP) is 1.27. The largest absolute Gasteiger partial charge is 0.353 e. The van der Waals surface area contributed by atoms with E-state index in [1.54, 1.807) is 12.4 Å². The molecule has 6 nitrogen and oxygen atoms in total. The molecular weight excluding hydrogens is 334 g/mol. The Hall–Kier alpha value is -1.21. The number of hydrogen-bond donors (Lipinski definition) is 1. The van der Waals surface area contributed by atoms with Gasteiger partial charge in [0.25, 0.3) is 0 Å². The van der Waals surface area contributed by atoms with Gasteiger partial charge in [-0.05, 0) is 36.7 Å². The molecule has 1 aromatic heterocycles. The Morgan fingerprint density at radius 1 is 1.19 bits per heavy atom. The second-order valence-corrected chi connectivity index (χ2v) is 6.48. The van der Waals surface area contributed by atoms with Crippen LogP contribution in [0, 0.1) is 0 Å². The highest BCUT2D eigenvalue weighted by Gasteiger charge is 2.26. The number of aromatic nitrogens is 2. The zero-order valence-corrected chi connectivity index (χ0v) is 14.3. The molecule has 0 aliphatic carbocycles. The lowest BCUT2D eigenvalue weighted by molar-refractivity contribution is -0.126. The van der Waals surface area contributed by atoms with Crippen LogP contribution in [-0.2, 0) is 4.79 Å². The van der Waals surface area contributed by atoms with Crippen molar-refractivity contribution in [3.63, 3.8) is 0 Å². The first-order valence-electron chi connectivity index (χ1n) is 7.24. The van der Waals surface area contributed by atoms with E-state index in [-0.39, 0.29) is 18.0 Å². The van der Waals surface area contributed by atoms with Crippen LogP contribution in [0.5, 0.6) is 0 Å². The predicted molar refractivity (Wildman–Crippen MR) is 86.3 cm³/mol. The number of halogens is 1. The molecule has 116 valence electrons. The second-order valence-electron chi connectivity index (χ2n) is 5.56. The number of carbonyl (C=O) groups is 1. The van der Waals surface area contributed by atoms with Crippen LogP contribution in [0.2, 0.25) is 0 Å². The molecule has 0 saturated carbocycles. The van der Waals surface area contributed by atoms with E-state index in [1.807, 2.05) is 20.8 Å². The normalized spacial score (nSPS) is 17.9. The monoisotopic (exact) mass is 355 g/mol. The Labute approximate surface area is 134 Å². The van der Waals surface area contributed by atoms with E-state index in [2.05, 4.69) is 41.0 Å². The number of hydrogen-bond acceptors (Lipinski definition) is 5. The lowest BCUT2D eigenvalue weighted by atomic mass is 10.2. The number of amides is 1. The van der Waals surface area contributed by atoms with Crippen LogP contribution in [0.25, 0.3) is 0 Å². The Morgan fingerprint density at radius 2 is 1.76 bits per heavy atom. The van der Waals surface area contributed by atoms with E-state index in [0.717, 1.165) is 36.6 Å². The minimum Gasteiger partial charge on any atom is -0.353 e. The summed E-state index contributed by atoms with van der Waals surface area (Å²) in [5, 5.41) is 2.96. The van der Waals surface area contributed by atoms with E-state index in [1.165, 1.54) is 0 Å². The van der Waals surface area contributed by atoms with Crippen molar-refractivity contribution in [2.45, 2.75) is 32.9 Å². The first kappa shape index (κ1) is 16.2. The van der Waals surface area contributed by atoms with E-state index in [9.17, 15) is 4.79 Å². The number of rotatable bonds is 4. The third kappa shape index (κ3) is 4.38. The molecule has 1 unspecified atom stereocenters. The molecule has 1 fully saturated rings. The number of nitrogens with zero attached hydrogens (tertiary/aromatic N) is 4. The summed E-state index contributed by atoms with van der Waals surface area (Å²) in [6.07, 6.45) is 3.51. The Balaban J connectivity index is 1.88. The van der Waals surface area contributed by atoms with Gasteiger partial charge in [0.15, 0.2) is 0 Å². The van der Waals surface area contributed by atoms with Gasteiger partial charge in [0.05, 0.1) is 10.5 Å². The molecule has 2 heterocycles. The van der Waals surface area contributed by atoms with Crippen LogP contribution in [0.4, 0.5) is 5.95 Å². The average molecular weight is 356 g/mol. The van der Waals surface area contributed by atoms with Gasteiger partial charge in [-0.1, -0.05) is 0 Å². The van der Waals surface area contributed by atoms with Crippen molar-refractivity contribution < 1.29 is 4.79 Å². The van der Waals surface area contributed by atoms with E-state index < -0.39 is 0 Å². The molecule has 1 atom stereocenters. The molecule has 1 aliphatic rings. The topological polar surface area (TPSA) is 61.4 Å². The maximum Gasteiger partial charge on any atom is 0.237 e. The highest BCUT2D eigenvalue weighted by Crippen LogP contribution is 2.14. The molecule has 1 aromatic rings. The first-order chi connectivity index (χ1) is 9.97. The number of nitrogens with one attached hydrogen (secondary N) is 1. The minimum absolute atomic E-state index is 0.0957. The number of carbonyl (C=O) groups excluding carboxylic acids is 1. The van der Waals surface area contributed by atoms with Crippen LogP contribution in [0.3, 0.4) is 0 Å².